The van der Waals surface area contributed by atoms with Crippen molar-refractivity contribution in [1.82, 2.24) is 14.8 Å². The Labute approximate surface area is 151 Å². The number of primary amides is 1. The second kappa shape index (κ2) is 7.67. The fourth-order valence-electron chi connectivity index (χ4n) is 2.16. The molecule has 2 aromatic heterocycles. The second-order valence-electron chi connectivity index (χ2n) is 5.03. The van der Waals surface area contributed by atoms with E-state index in [1.807, 2.05) is 28.8 Å². The van der Waals surface area contributed by atoms with Crippen LogP contribution in [0.25, 0.3) is 11.6 Å². The van der Waals surface area contributed by atoms with E-state index in [0.29, 0.717) is 18.1 Å². The normalized spacial score (nSPS) is 10.9. The van der Waals surface area contributed by atoms with E-state index in [-0.39, 0.29) is 12.3 Å². The van der Waals surface area contributed by atoms with Gasteiger partial charge in [-0.05, 0) is 23.8 Å². The van der Waals surface area contributed by atoms with Crippen molar-refractivity contribution in [3.05, 3.63) is 52.7 Å². The summed E-state index contributed by atoms with van der Waals surface area (Å²) in [7, 11) is 0. The van der Waals surface area contributed by atoms with Gasteiger partial charge in [0.1, 0.15) is 0 Å². The van der Waals surface area contributed by atoms with Gasteiger partial charge in [-0.3, -0.25) is 9.36 Å². The van der Waals surface area contributed by atoms with Gasteiger partial charge in [0, 0.05) is 23.2 Å². The van der Waals surface area contributed by atoms with Crippen molar-refractivity contribution in [2.75, 3.05) is 0 Å². The number of carbonyl (C=O) groups excluding carboxylic acids is 1. The van der Waals surface area contributed by atoms with Crippen molar-refractivity contribution in [3.8, 4) is 11.6 Å². The van der Waals surface area contributed by atoms with E-state index in [1.165, 1.54) is 0 Å². The summed E-state index contributed by atoms with van der Waals surface area (Å²) in [6, 6.07) is 11.6. The average Bonchev–Trinajstić information content (AvgIpc) is 3.21. The molecule has 0 aliphatic carbocycles. The number of thioether (sulfide) groups is 1. The first kappa shape index (κ1) is 16.8. The third kappa shape index (κ3) is 3.88. The van der Waals surface area contributed by atoms with Gasteiger partial charge >= 0.3 is 0 Å². The maximum absolute atomic E-state index is 11.2. The number of amides is 1. The second-order valence-corrected chi connectivity index (χ2v) is 6.83. The fourth-order valence-corrected chi connectivity index (χ4v) is 3.74. The topological polar surface area (TPSA) is 86.9 Å². The average molecular weight is 407 g/mol. The molecule has 1 amide bonds. The Morgan fingerprint density at radius 2 is 2.08 bits per heavy atom. The van der Waals surface area contributed by atoms with Gasteiger partial charge in [-0.2, -0.15) is 0 Å². The van der Waals surface area contributed by atoms with Crippen molar-refractivity contribution in [2.24, 2.45) is 5.73 Å². The third-order valence-corrected chi connectivity index (χ3v) is 5.14. The highest BCUT2D eigenvalue weighted by Gasteiger charge is 2.17. The Kier molecular flexibility index (Phi) is 5.37. The van der Waals surface area contributed by atoms with E-state index >= 15 is 0 Å². The Hall–Kier alpha value is -2.06. The monoisotopic (exact) mass is 406 g/mol. The maximum Gasteiger partial charge on any atom is 0.219 e. The molecule has 0 saturated carbocycles. The van der Waals surface area contributed by atoms with E-state index < -0.39 is 0 Å². The zero-order chi connectivity index (χ0) is 16.9. The van der Waals surface area contributed by atoms with E-state index in [2.05, 4.69) is 32.2 Å². The lowest BCUT2D eigenvalue weighted by atomic mass is 10.2. The fraction of sp³-hybridized carbons (Fsp3) is 0.188. The molecule has 0 bridgehead atoms. The molecule has 0 unspecified atom stereocenters. The van der Waals surface area contributed by atoms with Crippen LogP contribution in [0.15, 0.2) is 56.7 Å². The van der Waals surface area contributed by atoms with Crippen LogP contribution in [0.2, 0.25) is 0 Å². The van der Waals surface area contributed by atoms with Crippen molar-refractivity contribution in [2.45, 2.75) is 23.9 Å². The highest BCUT2D eigenvalue weighted by molar-refractivity contribution is 9.10. The lowest BCUT2D eigenvalue weighted by Crippen LogP contribution is -2.15. The molecule has 2 heterocycles. The van der Waals surface area contributed by atoms with Gasteiger partial charge < -0.3 is 10.2 Å². The largest absolute Gasteiger partial charge is 0.461 e. The summed E-state index contributed by atoms with van der Waals surface area (Å²) in [5, 5.41) is 9.17. The van der Waals surface area contributed by atoms with Gasteiger partial charge in [-0.25, -0.2) is 0 Å². The molecule has 124 valence electrons. The maximum atomic E-state index is 11.2. The number of halogens is 1. The van der Waals surface area contributed by atoms with Gasteiger partial charge in [0.2, 0.25) is 5.91 Å². The molecule has 8 heteroatoms. The van der Waals surface area contributed by atoms with Crippen LogP contribution in [0.5, 0.6) is 0 Å². The summed E-state index contributed by atoms with van der Waals surface area (Å²) in [6.45, 7) is 0.413. The smallest absolute Gasteiger partial charge is 0.219 e. The van der Waals surface area contributed by atoms with Crippen LogP contribution in [0.3, 0.4) is 0 Å². The number of benzene rings is 1. The minimum Gasteiger partial charge on any atom is -0.461 e. The highest BCUT2D eigenvalue weighted by Crippen LogP contribution is 2.29. The molecule has 0 aliphatic heterocycles. The van der Waals surface area contributed by atoms with Crippen LogP contribution in [0.4, 0.5) is 0 Å². The van der Waals surface area contributed by atoms with Gasteiger partial charge in [0.25, 0.3) is 0 Å². The lowest BCUT2D eigenvalue weighted by Gasteiger charge is -2.08. The molecule has 3 aromatic rings. The number of nitrogens with zero attached hydrogens (tertiary/aromatic N) is 3. The molecular weight excluding hydrogens is 392 g/mol. The number of hydrogen-bond acceptors (Lipinski definition) is 5. The summed E-state index contributed by atoms with van der Waals surface area (Å²) in [5.74, 6) is 1.57. The predicted molar refractivity (Wildman–Crippen MR) is 95.2 cm³/mol. The molecule has 2 N–H and O–H groups in total. The Balaban J connectivity index is 1.84. The first-order valence-corrected chi connectivity index (χ1v) is 9.04. The van der Waals surface area contributed by atoms with Crippen LogP contribution in [0.1, 0.15) is 12.0 Å². The lowest BCUT2D eigenvalue weighted by molar-refractivity contribution is -0.118. The van der Waals surface area contributed by atoms with Gasteiger partial charge in [0.15, 0.2) is 16.7 Å². The van der Waals surface area contributed by atoms with Crippen LogP contribution >= 0.6 is 27.7 Å². The highest BCUT2D eigenvalue weighted by atomic mass is 79.9. The molecule has 3 rings (SSSR count). The molecule has 6 nitrogen and oxygen atoms in total. The zero-order valence-corrected chi connectivity index (χ0v) is 15.1. The first-order chi connectivity index (χ1) is 11.6. The molecule has 0 radical (unpaired) electrons. The van der Waals surface area contributed by atoms with Gasteiger partial charge in [-0.15, -0.1) is 10.2 Å². The molecule has 0 saturated heterocycles. The van der Waals surface area contributed by atoms with Crippen molar-refractivity contribution >= 4 is 33.6 Å². The number of hydrogen-bond donors (Lipinski definition) is 1. The van der Waals surface area contributed by atoms with Crippen LogP contribution in [0, 0.1) is 0 Å². The summed E-state index contributed by atoms with van der Waals surface area (Å²) >= 11 is 5.09. The van der Waals surface area contributed by atoms with Crippen molar-refractivity contribution in [3.63, 3.8) is 0 Å². The summed E-state index contributed by atoms with van der Waals surface area (Å²) in [5.41, 5.74) is 6.44. The number of carbonyl (C=O) groups is 1. The van der Waals surface area contributed by atoms with E-state index in [9.17, 15) is 4.79 Å². The van der Waals surface area contributed by atoms with Crippen LogP contribution in [-0.2, 0) is 17.1 Å². The molecule has 1 aromatic carbocycles. The SMILES string of the molecule is NC(=O)CCn1c(SCc2ccccc2Br)nnc1-c1ccco1. The van der Waals surface area contributed by atoms with Crippen LogP contribution in [-0.4, -0.2) is 20.7 Å². The number of rotatable bonds is 7. The van der Waals surface area contributed by atoms with E-state index in [0.717, 1.165) is 20.9 Å². The number of nitrogens with two attached hydrogens (primary N) is 1. The van der Waals surface area contributed by atoms with Gasteiger partial charge in [0.05, 0.1) is 6.26 Å². The molecule has 0 atom stereocenters. The summed E-state index contributed by atoms with van der Waals surface area (Å²) in [4.78, 5) is 11.2. The van der Waals surface area contributed by atoms with Gasteiger partial charge in [-0.1, -0.05) is 45.9 Å². The Morgan fingerprint density at radius 3 is 2.79 bits per heavy atom. The first-order valence-electron chi connectivity index (χ1n) is 7.26. The molecule has 24 heavy (non-hydrogen) atoms. The Bertz CT molecular complexity index is 832. The van der Waals surface area contributed by atoms with Crippen molar-refractivity contribution in [1.29, 1.82) is 0 Å². The number of aromatic nitrogens is 3. The molecule has 0 aliphatic rings. The summed E-state index contributed by atoms with van der Waals surface area (Å²) < 4.78 is 8.32. The zero-order valence-electron chi connectivity index (χ0n) is 12.7. The Morgan fingerprint density at radius 1 is 1.25 bits per heavy atom. The number of furan rings is 1. The third-order valence-electron chi connectivity index (χ3n) is 3.35. The van der Waals surface area contributed by atoms with E-state index in [1.54, 1.807) is 24.1 Å². The molecule has 0 spiro atoms. The molecular formula is C16H15BrN4O2S. The van der Waals surface area contributed by atoms with Crippen molar-refractivity contribution < 1.29 is 9.21 Å². The quantitative estimate of drug-likeness (QED) is 0.606. The van der Waals surface area contributed by atoms with Crippen LogP contribution < -0.4 is 5.73 Å². The minimum absolute atomic E-state index is 0.217. The standard InChI is InChI=1S/C16H15BrN4O2S/c17-12-5-2-1-4-11(12)10-24-16-20-19-15(13-6-3-9-23-13)21(16)8-7-14(18)22/h1-6,9H,7-8,10H2,(H2,18,22). The minimum atomic E-state index is -0.365. The van der Waals surface area contributed by atoms with E-state index in [4.69, 9.17) is 10.2 Å². The predicted octanol–water partition coefficient (Wildman–Crippen LogP) is 3.47. The molecule has 0 fully saturated rings. The summed E-state index contributed by atoms with van der Waals surface area (Å²) in [6.07, 6.45) is 1.80.